The first-order chi connectivity index (χ1) is 10.0. The zero-order valence-corrected chi connectivity index (χ0v) is 13.9. The van der Waals surface area contributed by atoms with E-state index in [-0.39, 0.29) is 19.6 Å². The highest BCUT2D eigenvalue weighted by Gasteiger charge is 2.30. The minimum absolute atomic E-state index is 0.167. The van der Waals surface area contributed by atoms with Crippen LogP contribution in [0.15, 0.2) is 22.7 Å². The van der Waals surface area contributed by atoms with E-state index in [1.165, 1.54) is 7.11 Å². The van der Waals surface area contributed by atoms with Crippen molar-refractivity contribution in [3.63, 3.8) is 0 Å². The fourth-order valence-electron chi connectivity index (χ4n) is 1.88. The first-order valence-electron chi connectivity index (χ1n) is 6.69. The minimum Gasteiger partial charge on any atom is -0.496 e. The second-order valence-electron chi connectivity index (χ2n) is 4.22. The minimum atomic E-state index is -0.993. The number of esters is 2. The lowest BCUT2D eigenvalue weighted by atomic mass is 9.98. The number of halogens is 1. The van der Waals surface area contributed by atoms with E-state index in [1.54, 1.807) is 19.9 Å². The van der Waals surface area contributed by atoms with Crippen molar-refractivity contribution >= 4 is 27.9 Å². The lowest BCUT2D eigenvalue weighted by Gasteiger charge is -2.16. The number of methoxy groups -OCH3 is 1. The van der Waals surface area contributed by atoms with E-state index in [2.05, 4.69) is 15.9 Å². The normalized spacial score (nSPS) is 10.3. The number of hydrogen-bond acceptors (Lipinski definition) is 5. The number of carbonyl (C=O) groups excluding carboxylic acids is 2. The van der Waals surface area contributed by atoms with E-state index in [1.807, 2.05) is 12.1 Å². The van der Waals surface area contributed by atoms with Crippen LogP contribution in [0.3, 0.4) is 0 Å². The van der Waals surface area contributed by atoms with E-state index in [4.69, 9.17) is 14.2 Å². The molecular formula is C15H19BrO5. The molecule has 5 nitrogen and oxygen atoms in total. The number of hydrogen-bond donors (Lipinski definition) is 0. The summed E-state index contributed by atoms with van der Waals surface area (Å²) in [5, 5.41) is 0. The summed E-state index contributed by atoms with van der Waals surface area (Å²) in [5.74, 6) is -1.55. The topological polar surface area (TPSA) is 61.8 Å². The molecule has 0 fully saturated rings. The Balaban J connectivity index is 3.02. The lowest BCUT2D eigenvalue weighted by molar-refractivity contribution is -0.161. The molecule has 116 valence electrons. The fourth-order valence-corrected chi connectivity index (χ4v) is 2.28. The van der Waals surface area contributed by atoms with Crippen molar-refractivity contribution in [1.82, 2.24) is 0 Å². The molecule has 0 bridgehead atoms. The maximum absolute atomic E-state index is 12.0. The molecule has 0 N–H and O–H groups in total. The van der Waals surface area contributed by atoms with Gasteiger partial charge in [-0.25, -0.2) is 0 Å². The molecular weight excluding hydrogens is 340 g/mol. The average molecular weight is 359 g/mol. The zero-order chi connectivity index (χ0) is 15.8. The summed E-state index contributed by atoms with van der Waals surface area (Å²) in [6, 6.07) is 5.41. The van der Waals surface area contributed by atoms with Gasteiger partial charge in [0.25, 0.3) is 0 Å². The van der Waals surface area contributed by atoms with Crippen LogP contribution in [0.5, 0.6) is 5.75 Å². The van der Waals surface area contributed by atoms with Crippen LogP contribution >= 0.6 is 15.9 Å². The molecule has 6 heteroatoms. The van der Waals surface area contributed by atoms with Gasteiger partial charge in [-0.3, -0.25) is 9.59 Å². The summed E-state index contributed by atoms with van der Waals surface area (Å²) in [5.41, 5.74) is 0.734. The number of rotatable bonds is 7. The maximum atomic E-state index is 12.0. The Labute approximate surface area is 132 Å². The van der Waals surface area contributed by atoms with Gasteiger partial charge in [-0.15, -0.1) is 0 Å². The van der Waals surface area contributed by atoms with Gasteiger partial charge in [-0.05, 0) is 37.6 Å². The van der Waals surface area contributed by atoms with Crippen LogP contribution in [0, 0.1) is 5.92 Å². The van der Waals surface area contributed by atoms with Crippen molar-refractivity contribution in [2.75, 3.05) is 20.3 Å². The fraction of sp³-hybridized carbons (Fsp3) is 0.467. The molecule has 21 heavy (non-hydrogen) atoms. The maximum Gasteiger partial charge on any atom is 0.320 e. The van der Waals surface area contributed by atoms with Gasteiger partial charge in [-0.2, -0.15) is 0 Å². The van der Waals surface area contributed by atoms with Crippen LogP contribution in [0.1, 0.15) is 19.4 Å². The molecule has 0 atom stereocenters. The third-order valence-electron chi connectivity index (χ3n) is 2.81. The number of benzene rings is 1. The highest BCUT2D eigenvalue weighted by molar-refractivity contribution is 9.10. The van der Waals surface area contributed by atoms with Crippen LogP contribution in [0.2, 0.25) is 0 Å². The van der Waals surface area contributed by atoms with Crippen LogP contribution in [0.25, 0.3) is 0 Å². The van der Waals surface area contributed by atoms with Gasteiger partial charge in [0.05, 0.1) is 20.3 Å². The van der Waals surface area contributed by atoms with Gasteiger partial charge in [0.1, 0.15) is 5.75 Å². The summed E-state index contributed by atoms with van der Waals surface area (Å²) in [4.78, 5) is 23.9. The molecule has 0 radical (unpaired) electrons. The number of carbonyl (C=O) groups is 2. The van der Waals surface area contributed by atoms with Crippen molar-refractivity contribution in [3.8, 4) is 5.75 Å². The molecule has 1 aromatic carbocycles. The van der Waals surface area contributed by atoms with Crippen LogP contribution in [-0.2, 0) is 25.5 Å². The van der Waals surface area contributed by atoms with Crippen molar-refractivity contribution < 1.29 is 23.8 Å². The first kappa shape index (κ1) is 17.5. The van der Waals surface area contributed by atoms with E-state index in [9.17, 15) is 9.59 Å². The SMILES string of the molecule is CCOC(=O)C(Cc1cc(Br)ccc1OC)C(=O)OCC. The molecule has 0 amide bonds. The van der Waals surface area contributed by atoms with Gasteiger partial charge >= 0.3 is 11.9 Å². The van der Waals surface area contributed by atoms with Gasteiger partial charge in [0.2, 0.25) is 0 Å². The zero-order valence-electron chi connectivity index (χ0n) is 12.3. The summed E-state index contributed by atoms with van der Waals surface area (Å²) < 4.78 is 16.0. The van der Waals surface area contributed by atoms with Crippen molar-refractivity contribution in [3.05, 3.63) is 28.2 Å². The third kappa shape index (κ3) is 5.04. The van der Waals surface area contributed by atoms with Crippen LogP contribution in [-0.4, -0.2) is 32.3 Å². The van der Waals surface area contributed by atoms with Gasteiger partial charge < -0.3 is 14.2 Å². The Bertz CT molecular complexity index is 483. The second kappa shape index (κ2) is 8.67. The van der Waals surface area contributed by atoms with Crippen molar-refractivity contribution in [1.29, 1.82) is 0 Å². The Morgan fingerprint density at radius 3 is 2.19 bits per heavy atom. The molecule has 0 saturated carbocycles. The molecule has 0 saturated heterocycles. The highest BCUT2D eigenvalue weighted by atomic mass is 79.9. The van der Waals surface area contributed by atoms with E-state index in [0.717, 1.165) is 10.0 Å². The first-order valence-corrected chi connectivity index (χ1v) is 7.48. The molecule has 0 aliphatic heterocycles. The quantitative estimate of drug-likeness (QED) is 0.553. The second-order valence-corrected chi connectivity index (χ2v) is 5.13. The summed E-state index contributed by atoms with van der Waals surface area (Å²) in [6.07, 6.45) is 0.167. The Morgan fingerprint density at radius 1 is 1.14 bits per heavy atom. The largest absolute Gasteiger partial charge is 0.496 e. The van der Waals surface area contributed by atoms with Gasteiger partial charge in [0, 0.05) is 10.9 Å². The molecule has 0 unspecified atom stereocenters. The molecule has 1 rings (SSSR count). The standard InChI is InChI=1S/C15H19BrO5/c1-4-20-14(17)12(15(18)21-5-2)9-10-8-11(16)6-7-13(10)19-3/h6-8,12H,4-5,9H2,1-3H3. The number of ether oxygens (including phenoxy) is 3. The van der Waals surface area contributed by atoms with Gasteiger partial charge in [0.15, 0.2) is 5.92 Å². The smallest absolute Gasteiger partial charge is 0.320 e. The molecule has 0 aromatic heterocycles. The van der Waals surface area contributed by atoms with E-state index in [0.29, 0.717) is 5.75 Å². The van der Waals surface area contributed by atoms with Crippen molar-refractivity contribution in [2.45, 2.75) is 20.3 Å². The Morgan fingerprint density at radius 2 is 1.71 bits per heavy atom. The van der Waals surface area contributed by atoms with Crippen molar-refractivity contribution in [2.24, 2.45) is 5.92 Å². The summed E-state index contributed by atoms with van der Waals surface area (Å²) >= 11 is 3.36. The lowest BCUT2D eigenvalue weighted by Crippen LogP contribution is -2.30. The van der Waals surface area contributed by atoms with E-state index < -0.39 is 17.9 Å². The third-order valence-corrected chi connectivity index (χ3v) is 3.30. The molecule has 0 spiro atoms. The Kier molecular flexibility index (Phi) is 7.22. The molecule has 0 heterocycles. The average Bonchev–Trinajstić information content (AvgIpc) is 2.45. The molecule has 0 aliphatic rings. The predicted octanol–water partition coefficient (Wildman–Crippen LogP) is 2.74. The summed E-state index contributed by atoms with van der Waals surface area (Å²) in [6.45, 7) is 3.81. The monoisotopic (exact) mass is 358 g/mol. The van der Waals surface area contributed by atoms with Crippen LogP contribution in [0.4, 0.5) is 0 Å². The van der Waals surface area contributed by atoms with Gasteiger partial charge in [-0.1, -0.05) is 15.9 Å². The molecule has 1 aromatic rings. The van der Waals surface area contributed by atoms with Crippen LogP contribution < -0.4 is 4.74 Å². The summed E-state index contributed by atoms with van der Waals surface area (Å²) in [7, 11) is 1.54. The predicted molar refractivity (Wildman–Crippen MR) is 81.2 cm³/mol. The highest BCUT2D eigenvalue weighted by Crippen LogP contribution is 2.26. The Hall–Kier alpha value is -1.56. The van der Waals surface area contributed by atoms with E-state index >= 15 is 0 Å². The molecule has 0 aliphatic carbocycles.